The van der Waals surface area contributed by atoms with Crippen LogP contribution in [0.4, 0.5) is 0 Å². The molecule has 0 atom stereocenters. The summed E-state index contributed by atoms with van der Waals surface area (Å²) in [5, 5.41) is 0.382. The second-order valence-corrected chi connectivity index (χ2v) is 6.52. The lowest BCUT2D eigenvalue weighted by Crippen LogP contribution is -2.43. The van der Waals surface area contributed by atoms with Gasteiger partial charge >= 0.3 is 0 Å². The number of nitrogens with one attached hydrogen (secondary N) is 2. The van der Waals surface area contributed by atoms with Gasteiger partial charge in [0.25, 0.3) is 5.91 Å². The van der Waals surface area contributed by atoms with Crippen LogP contribution in [0.1, 0.15) is 36.5 Å². The number of halogens is 1. The Morgan fingerprint density at radius 2 is 1.59 bits per heavy atom. The molecule has 0 aliphatic carbocycles. The van der Waals surface area contributed by atoms with Gasteiger partial charge in [-0.1, -0.05) is 30.7 Å². The number of ketones is 1. The molecule has 0 aliphatic rings. The van der Waals surface area contributed by atoms with Crippen LogP contribution in [0, 0.1) is 0 Å². The molecule has 2 N–H and O–H groups in total. The van der Waals surface area contributed by atoms with Gasteiger partial charge in [0.15, 0.2) is 12.4 Å². The van der Waals surface area contributed by atoms with Crippen LogP contribution >= 0.6 is 11.6 Å². The number of hydrogen-bond donors (Lipinski definition) is 2. The smallest absolute Gasteiger partial charge is 0.276 e. The first-order valence-corrected chi connectivity index (χ1v) is 9.58. The normalized spacial score (nSPS) is 10.1. The minimum Gasteiger partial charge on any atom is -0.494 e. The van der Waals surface area contributed by atoms with Crippen molar-refractivity contribution in [3.05, 3.63) is 59.1 Å². The second-order valence-electron chi connectivity index (χ2n) is 6.11. The van der Waals surface area contributed by atoms with Crippen LogP contribution in [0.15, 0.2) is 48.5 Å². The van der Waals surface area contributed by atoms with Crippen LogP contribution in [0.25, 0.3) is 0 Å². The van der Waals surface area contributed by atoms with E-state index in [1.807, 2.05) is 6.92 Å². The van der Waals surface area contributed by atoms with Gasteiger partial charge in [0, 0.05) is 18.4 Å². The molecule has 0 unspecified atom stereocenters. The lowest BCUT2D eigenvalue weighted by molar-refractivity contribution is -0.130. The fourth-order valence-electron chi connectivity index (χ4n) is 2.27. The van der Waals surface area contributed by atoms with E-state index in [0.717, 1.165) is 6.42 Å². The summed E-state index contributed by atoms with van der Waals surface area (Å²) in [6.07, 6.45) is 0.865. The zero-order valence-corrected chi connectivity index (χ0v) is 16.8. The van der Waals surface area contributed by atoms with Crippen LogP contribution in [-0.4, -0.2) is 30.8 Å². The number of amides is 2. The molecule has 0 spiro atoms. The molecule has 2 rings (SSSR count). The number of Topliss-reactive ketones (excluding diaryl/α,β-unsaturated/α-hetero) is 1. The molecule has 0 saturated heterocycles. The van der Waals surface area contributed by atoms with Gasteiger partial charge in [-0.25, -0.2) is 0 Å². The summed E-state index contributed by atoms with van der Waals surface area (Å²) in [6.45, 7) is 2.31. The van der Waals surface area contributed by atoms with Crippen LogP contribution in [0.5, 0.6) is 11.5 Å². The molecule has 0 fully saturated rings. The van der Waals surface area contributed by atoms with Gasteiger partial charge in [0.2, 0.25) is 5.91 Å². The zero-order chi connectivity index (χ0) is 21.1. The third-order valence-corrected chi connectivity index (χ3v) is 4.08. The maximum atomic E-state index is 12.2. The van der Waals surface area contributed by atoms with Crippen LogP contribution in [0.2, 0.25) is 5.02 Å². The molecular formula is C21H23ClN2O5. The van der Waals surface area contributed by atoms with Gasteiger partial charge in [-0.3, -0.25) is 25.2 Å². The summed E-state index contributed by atoms with van der Waals surface area (Å²) in [4.78, 5) is 35.7. The van der Waals surface area contributed by atoms with Crippen molar-refractivity contribution in [2.75, 3.05) is 13.2 Å². The van der Waals surface area contributed by atoms with Crippen molar-refractivity contribution in [1.82, 2.24) is 10.9 Å². The van der Waals surface area contributed by atoms with E-state index < -0.39 is 11.8 Å². The zero-order valence-electron chi connectivity index (χ0n) is 16.1. The summed E-state index contributed by atoms with van der Waals surface area (Å²) < 4.78 is 10.7. The van der Waals surface area contributed by atoms with Crippen LogP contribution in [0.3, 0.4) is 0 Å². The predicted molar refractivity (Wildman–Crippen MR) is 109 cm³/mol. The maximum Gasteiger partial charge on any atom is 0.276 e. The molecule has 2 amide bonds. The molecule has 0 radical (unpaired) electrons. The summed E-state index contributed by atoms with van der Waals surface area (Å²) in [5.41, 5.74) is 4.98. The minimum atomic E-state index is -0.549. The Bertz CT molecular complexity index is 839. The van der Waals surface area contributed by atoms with E-state index in [1.54, 1.807) is 48.5 Å². The monoisotopic (exact) mass is 418 g/mol. The van der Waals surface area contributed by atoms with E-state index in [2.05, 4.69) is 10.9 Å². The van der Waals surface area contributed by atoms with E-state index in [-0.39, 0.29) is 25.2 Å². The first kappa shape index (κ1) is 22.2. The van der Waals surface area contributed by atoms with Gasteiger partial charge < -0.3 is 9.47 Å². The number of carbonyl (C=O) groups excluding carboxylic acids is 3. The standard InChI is InChI=1S/C21H23ClN2O5/c1-2-13-28-16-9-7-15(8-10-16)18(25)11-12-20(26)23-24-21(27)14-29-19-6-4-3-5-17(19)22/h3-10H,2,11-14H2,1H3,(H,23,26)(H,24,27). The first-order chi connectivity index (χ1) is 14.0. The molecule has 8 heteroatoms. The Labute approximate surface area is 174 Å². The second kappa shape index (κ2) is 11.7. The third kappa shape index (κ3) is 7.83. The van der Waals surface area contributed by atoms with Crippen molar-refractivity contribution >= 4 is 29.2 Å². The van der Waals surface area contributed by atoms with Gasteiger partial charge in [-0.15, -0.1) is 0 Å². The van der Waals surface area contributed by atoms with Crippen LogP contribution in [-0.2, 0) is 9.59 Å². The Morgan fingerprint density at radius 3 is 2.28 bits per heavy atom. The van der Waals surface area contributed by atoms with Gasteiger partial charge in [-0.2, -0.15) is 0 Å². The molecule has 29 heavy (non-hydrogen) atoms. The van der Waals surface area contributed by atoms with Crippen LogP contribution < -0.4 is 20.3 Å². The van der Waals surface area contributed by atoms with Gasteiger partial charge in [-0.05, 0) is 42.8 Å². The molecule has 154 valence electrons. The quantitative estimate of drug-likeness (QED) is 0.456. The molecule has 0 saturated carbocycles. The van der Waals surface area contributed by atoms with Crippen molar-refractivity contribution in [2.45, 2.75) is 26.2 Å². The van der Waals surface area contributed by atoms with Crippen molar-refractivity contribution < 1.29 is 23.9 Å². The van der Waals surface area contributed by atoms with Crippen molar-refractivity contribution in [1.29, 1.82) is 0 Å². The number of ether oxygens (including phenoxy) is 2. The highest BCUT2D eigenvalue weighted by molar-refractivity contribution is 6.32. The lowest BCUT2D eigenvalue weighted by Gasteiger charge is -2.09. The van der Waals surface area contributed by atoms with E-state index >= 15 is 0 Å². The van der Waals surface area contributed by atoms with E-state index in [9.17, 15) is 14.4 Å². The number of hydrazine groups is 1. The van der Waals surface area contributed by atoms with E-state index in [0.29, 0.717) is 28.7 Å². The fourth-order valence-corrected chi connectivity index (χ4v) is 2.46. The summed E-state index contributed by atoms with van der Waals surface area (Å²) >= 11 is 5.92. The van der Waals surface area contributed by atoms with E-state index in [1.165, 1.54) is 0 Å². The molecule has 2 aromatic carbocycles. The average Bonchev–Trinajstić information content (AvgIpc) is 2.74. The van der Waals surface area contributed by atoms with Crippen molar-refractivity contribution in [3.8, 4) is 11.5 Å². The summed E-state index contributed by atoms with van der Waals surface area (Å²) in [6, 6.07) is 13.5. The molecule has 2 aromatic rings. The average molecular weight is 419 g/mol. The number of rotatable bonds is 10. The Hall–Kier alpha value is -3.06. The molecule has 0 bridgehead atoms. The Balaban J connectivity index is 1.67. The Morgan fingerprint density at radius 1 is 0.897 bits per heavy atom. The predicted octanol–water partition coefficient (Wildman–Crippen LogP) is 3.32. The summed E-state index contributed by atoms with van der Waals surface area (Å²) in [7, 11) is 0. The maximum absolute atomic E-state index is 12.2. The topological polar surface area (TPSA) is 93.7 Å². The SMILES string of the molecule is CCCOc1ccc(C(=O)CCC(=O)NNC(=O)COc2ccccc2Cl)cc1. The van der Waals surface area contributed by atoms with Crippen molar-refractivity contribution in [3.63, 3.8) is 0 Å². The first-order valence-electron chi connectivity index (χ1n) is 9.20. The van der Waals surface area contributed by atoms with Crippen molar-refractivity contribution in [2.24, 2.45) is 0 Å². The Kier molecular flexibility index (Phi) is 8.98. The molecular weight excluding hydrogens is 396 g/mol. The molecule has 0 aromatic heterocycles. The van der Waals surface area contributed by atoms with Gasteiger partial charge in [0.05, 0.1) is 11.6 Å². The van der Waals surface area contributed by atoms with E-state index in [4.69, 9.17) is 21.1 Å². The molecule has 7 nitrogen and oxygen atoms in total. The minimum absolute atomic E-state index is 0.0208. The number of carbonyl (C=O) groups is 3. The molecule has 0 aliphatic heterocycles. The summed E-state index contributed by atoms with van der Waals surface area (Å²) in [5.74, 6) is -0.134. The van der Waals surface area contributed by atoms with Gasteiger partial charge in [0.1, 0.15) is 11.5 Å². The third-order valence-electron chi connectivity index (χ3n) is 3.77. The number of hydrogen-bond acceptors (Lipinski definition) is 5. The fraction of sp³-hybridized carbons (Fsp3) is 0.286. The number of para-hydroxylation sites is 1. The highest BCUT2D eigenvalue weighted by Crippen LogP contribution is 2.22. The highest BCUT2D eigenvalue weighted by atomic mass is 35.5. The lowest BCUT2D eigenvalue weighted by atomic mass is 10.1. The largest absolute Gasteiger partial charge is 0.494 e. The highest BCUT2D eigenvalue weighted by Gasteiger charge is 2.11. The number of benzene rings is 2. The molecule has 0 heterocycles.